The van der Waals surface area contributed by atoms with Gasteiger partial charge < -0.3 is 24.8 Å². The van der Waals surface area contributed by atoms with Gasteiger partial charge in [-0.05, 0) is 41.8 Å². The first-order chi connectivity index (χ1) is 15.4. The summed E-state index contributed by atoms with van der Waals surface area (Å²) in [4.78, 5) is 38.5. The van der Waals surface area contributed by atoms with Gasteiger partial charge in [0, 0.05) is 5.69 Å². The molecule has 0 radical (unpaired) electrons. The second kappa shape index (κ2) is 9.86. The third-order valence-electron chi connectivity index (χ3n) is 4.93. The van der Waals surface area contributed by atoms with Crippen LogP contribution in [0, 0.1) is 0 Å². The summed E-state index contributed by atoms with van der Waals surface area (Å²) in [6.45, 7) is 1.57. The molecular weight excluding hydrogens is 414 g/mol. The minimum Gasteiger partial charge on any atom is -0.493 e. The summed E-state index contributed by atoms with van der Waals surface area (Å²) in [7, 11) is 4.45. The van der Waals surface area contributed by atoms with E-state index in [0.29, 0.717) is 28.5 Å². The van der Waals surface area contributed by atoms with Crippen LogP contribution in [0.25, 0.3) is 6.08 Å². The van der Waals surface area contributed by atoms with Crippen LogP contribution in [-0.2, 0) is 16.0 Å². The zero-order valence-electron chi connectivity index (χ0n) is 18.4. The molecule has 1 aliphatic heterocycles. The zero-order valence-corrected chi connectivity index (χ0v) is 18.4. The van der Waals surface area contributed by atoms with Crippen LogP contribution in [0.5, 0.6) is 17.2 Å². The van der Waals surface area contributed by atoms with E-state index in [0.717, 1.165) is 16.9 Å². The number of benzene rings is 2. The number of carbonyl (C=O) groups is 3. The van der Waals surface area contributed by atoms with Crippen molar-refractivity contribution >= 4 is 29.6 Å². The highest BCUT2D eigenvalue weighted by atomic mass is 16.5. The van der Waals surface area contributed by atoms with Gasteiger partial charge in [-0.25, -0.2) is 9.69 Å². The van der Waals surface area contributed by atoms with E-state index in [1.54, 1.807) is 24.3 Å². The molecule has 2 aromatic carbocycles. The smallest absolute Gasteiger partial charge is 0.329 e. The Bertz CT molecular complexity index is 1050. The van der Waals surface area contributed by atoms with Crippen molar-refractivity contribution in [3.63, 3.8) is 0 Å². The number of hydrogen-bond donors (Lipinski definition) is 2. The van der Waals surface area contributed by atoms with Crippen molar-refractivity contribution in [3.8, 4) is 17.2 Å². The molecule has 1 saturated heterocycles. The van der Waals surface area contributed by atoms with Crippen LogP contribution in [0.15, 0.2) is 42.1 Å². The Hall–Kier alpha value is -4.01. The Balaban J connectivity index is 1.78. The largest absolute Gasteiger partial charge is 0.493 e. The average Bonchev–Trinajstić information content (AvgIpc) is 3.05. The molecule has 9 nitrogen and oxygen atoms in total. The second-order valence-corrected chi connectivity index (χ2v) is 6.90. The van der Waals surface area contributed by atoms with E-state index in [1.165, 1.54) is 27.4 Å². The van der Waals surface area contributed by atoms with Crippen molar-refractivity contribution in [1.82, 2.24) is 10.2 Å². The number of anilines is 1. The number of methoxy groups -OCH3 is 3. The highest BCUT2D eigenvalue weighted by Gasteiger charge is 2.35. The highest BCUT2D eigenvalue weighted by molar-refractivity contribution is 6.16. The topological polar surface area (TPSA) is 106 Å². The quantitative estimate of drug-likeness (QED) is 0.484. The summed E-state index contributed by atoms with van der Waals surface area (Å²) in [5.74, 6) is 0.137. The molecule has 0 aliphatic carbocycles. The third-order valence-corrected chi connectivity index (χ3v) is 4.93. The van der Waals surface area contributed by atoms with Crippen LogP contribution in [0.3, 0.4) is 0 Å². The molecule has 9 heteroatoms. The van der Waals surface area contributed by atoms with Crippen molar-refractivity contribution in [2.45, 2.75) is 13.3 Å². The van der Waals surface area contributed by atoms with Gasteiger partial charge in [0.1, 0.15) is 12.2 Å². The third kappa shape index (κ3) is 4.66. The molecule has 0 unspecified atom stereocenters. The van der Waals surface area contributed by atoms with Crippen LogP contribution < -0.4 is 24.8 Å². The molecule has 1 fully saturated rings. The van der Waals surface area contributed by atoms with E-state index >= 15 is 0 Å². The Labute approximate surface area is 185 Å². The Morgan fingerprint density at radius 3 is 2.31 bits per heavy atom. The van der Waals surface area contributed by atoms with Crippen molar-refractivity contribution in [3.05, 3.63) is 53.2 Å². The van der Waals surface area contributed by atoms with Crippen LogP contribution in [0.1, 0.15) is 18.1 Å². The first-order valence-corrected chi connectivity index (χ1v) is 9.94. The number of para-hydroxylation sites is 1. The monoisotopic (exact) mass is 439 g/mol. The van der Waals surface area contributed by atoms with Crippen LogP contribution >= 0.6 is 0 Å². The van der Waals surface area contributed by atoms with Gasteiger partial charge in [-0.2, -0.15) is 0 Å². The minimum absolute atomic E-state index is 0.0334. The summed E-state index contributed by atoms with van der Waals surface area (Å²) in [6, 6.07) is 9.98. The number of nitrogens with one attached hydrogen (secondary N) is 2. The van der Waals surface area contributed by atoms with Crippen LogP contribution in [-0.4, -0.2) is 50.6 Å². The Morgan fingerprint density at radius 2 is 1.72 bits per heavy atom. The molecule has 3 rings (SSSR count). The summed E-state index contributed by atoms with van der Waals surface area (Å²) in [5, 5.41) is 5.26. The van der Waals surface area contributed by atoms with E-state index in [-0.39, 0.29) is 5.70 Å². The van der Waals surface area contributed by atoms with E-state index in [4.69, 9.17) is 14.2 Å². The molecule has 0 aromatic heterocycles. The summed E-state index contributed by atoms with van der Waals surface area (Å²) in [6.07, 6.45) is 2.22. The number of aryl methyl sites for hydroxylation is 1. The lowest BCUT2D eigenvalue weighted by Crippen LogP contribution is -2.38. The molecule has 0 spiro atoms. The van der Waals surface area contributed by atoms with Gasteiger partial charge in [-0.15, -0.1) is 0 Å². The highest BCUT2D eigenvalue weighted by Crippen LogP contribution is 2.38. The maximum absolute atomic E-state index is 12.8. The molecule has 4 amide bonds. The lowest BCUT2D eigenvalue weighted by molar-refractivity contribution is -0.127. The fourth-order valence-electron chi connectivity index (χ4n) is 3.35. The SMILES string of the molecule is CCc1ccccc1NC(=O)CN1C(=O)N/C(=C/c2cc(OC)c(OC)c(OC)c2)C1=O. The van der Waals surface area contributed by atoms with Gasteiger partial charge in [0.2, 0.25) is 11.7 Å². The molecular formula is C23H25N3O6. The number of rotatable bonds is 8. The van der Waals surface area contributed by atoms with Gasteiger partial charge in [0.05, 0.1) is 21.3 Å². The molecule has 2 N–H and O–H groups in total. The molecule has 0 saturated carbocycles. The predicted octanol–water partition coefficient (Wildman–Crippen LogP) is 2.81. The summed E-state index contributed by atoms with van der Waals surface area (Å²) >= 11 is 0. The van der Waals surface area contributed by atoms with Gasteiger partial charge >= 0.3 is 6.03 Å². The molecule has 1 heterocycles. The number of hydrogen-bond acceptors (Lipinski definition) is 6. The normalized spacial score (nSPS) is 14.4. The number of nitrogens with zero attached hydrogens (tertiary/aromatic N) is 1. The fraction of sp³-hybridized carbons (Fsp3) is 0.261. The Morgan fingerprint density at radius 1 is 1.06 bits per heavy atom. The first kappa shape index (κ1) is 22.7. The maximum Gasteiger partial charge on any atom is 0.329 e. The summed E-state index contributed by atoms with van der Waals surface area (Å²) < 4.78 is 15.9. The standard InChI is InChI=1S/C23H25N3O6/c1-5-15-8-6-7-9-16(15)24-20(27)13-26-22(28)17(25-23(26)29)10-14-11-18(30-2)21(32-4)19(12-14)31-3/h6-12H,5,13H2,1-4H3,(H,24,27)(H,25,29)/b17-10+. The molecule has 0 atom stereocenters. The van der Waals surface area contributed by atoms with Crippen molar-refractivity contribution in [1.29, 1.82) is 0 Å². The number of imide groups is 1. The van der Waals surface area contributed by atoms with Crippen molar-refractivity contribution in [2.75, 3.05) is 33.2 Å². The molecule has 0 bridgehead atoms. The molecule has 1 aliphatic rings. The van der Waals surface area contributed by atoms with Gasteiger partial charge in [0.15, 0.2) is 11.5 Å². The first-order valence-electron chi connectivity index (χ1n) is 9.94. The van der Waals surface area contributed by atoms with E-state index in [9.17, 15) is 14.4 Å². The Kier molecular flexibility index (Phi) is 6.99. The molecule has 2 aromatic rings. The lowest BCUT2D eigenvalue weighted by atomic mass is 10.1. The number of carbonyl (C=O) groups excluding carboxylic acids is 3. The zero-order chi connectivity index (χ0) is 23.3. The van der Waals surface area contributed by atoms with E-state index in [1.807, 2.05) is 19.1 Å². The van der Waals surface area contributed by atoms with E-state index in [2.05, 4.69) is 10.6 Å². The average molecular weight is 439 g/mol. The minimum atomic E-state index is -0.674. The second-order valence-electron chi connectivity index (χ2n) is 6.90. The maximum atomic E-state index is 12.8. The number of urea groups is 1. The van der Waals surface area contributed by atoms with Crippen molar-refractivity contribution in [2.24, 2.45) is 0 Å². The predicted molar refractivity (Wildman–Crippen MR) is 119 cm³/mol. The van der Waals surface area contributed by atoms with Crippen LogP contribution in [0.2, 0.25) is 0 Å². The van der Waals surface area contributed by atoms with Crippen molar-refractivity contribution < 1.29 is 28.6 Å². The molecule has 168 valence electrons. The fourth-order valence-corrected chi connectivity index (χ4v) is 3.35. The lowest BCUT2D eigenvalue weighted by Gasteiger charge is -2.14. The van der Waals surface area contributed by atoms with Gasteiger partial charge in [-0.3, -0.25) is 9.59 Å². The number of ether oxygens (including phenoxy) is 3. The summed E-state index contributed by atoms with van der Waals surface area (Å²) in [5.41, 5.74) is 2.19. The van der Waals surface area contributed by atoms with Gasteiger partial charge in [-0.1, -0.05) is 25.1 Å². The van der Waals surface area contributed by atoms with Gasteiger partial charge in [0.25, 0.3) is 5.91 Å². The molecule has 32 heavy (non-hydrogen) atoms. The van der Waals surface area contributed by atoms with Crippen LogP contribution in [0.4, 0.5) is 10.5 Å². The number of amides is 4. The van der Waals surface area contributed by atoms with E-state index < -0.39 is 24.4 Å².